The van der Waals surface area contributed by atoms with Crippen LogP contribution in [0.5, 0.6) is 0 Å². The van der Waals surface area contributed by atoms with E-state index in [9.17, 15) is 12.8 Å². The predicted molar refractivity (Wildman–Crippen MR) is 95.9 cm³/mol. The van der Waals surface area contributed by atoms with E-state index < -0.39 is 15.8 Å². The van der Waals surface area contributed by atoms with Crippen molar-refractivity contribution in [3.63, 3.8) is 0 Å². The molecule has 3 rings (SSSR count). The maximum atomic E-state index is 13.3. The summed E-state index contributed by atoms with van der Waals surface area (Å²) < 4.78 is 40.6. The number of aromatic nitrogens is 1. The summed E-state index contributed by atoms with van der Waals surface area (Å²) in [5, 5.41) is 3.17. The van der Waals surface area contributed by atoms with Gasteiger partial charge in [0.2, 0.25) is 0 Å². The van der Waals surface area contributed by atoms with E-state index in [1.165, 1.54) is 0 Å². The zero-order valence-corrected chi connectivity index (χ0v) is 14.2. The van der Waals surface area contributed by atoms with Gasteiger partial charge in [-0.1, -0.05) is 29.8 Å². The maximum Gasteiger partial charge on any atom is 0.263 e. The Kier molecular flexibility index (Phi) is 4.67. The van der Waals surface area contributed by atoms with Crippen LogP contribution in [0.4, 0.5) is 21.5 Å². The van der Waals surface area contributed by atoms with Gasteiger partial charge in [-0.05, 0) is 37.3 Å². The van der Waals surface area contributed by atoms with Crippen molar-refractivity contribution in [2.24, 2.45) is 0 Å². The van der Waals surface area contributed by atoms with Crippen molar-refractivity contribution in [3.8, 4) is 0 Å². The molecule has 0 saturated heterocycles. The lowest BCUT2D eigenvalue weighted by atomic mass is 10.2. The fraction of sp³-hybridized carbons (Fsp3) is 0.0556. The van der Waals surface area contributed by atoms with Crippen LogP contribution in [0.3, 0.4) is 0 Å². The van der Waals surface area contributed by atoms with Crippen LogP contribution in [0.25, 0.3) is 0 Å². The molecule has 0 atom stereocenters. The lowest BCUT2D eigenvalue weighted by Crippen LogP contribution is -2.14. The van der Waals surface area contributed by atoms with Crippen molar-refractivity contribution < 1.29 is 12.8 Å². The highest BCUT2D eigenvalue weighted by Gasteiger charge is 2.17. The van der Waals surface area contributed by atoms with Crippen molar-refractivity contribution >= 4 is 27.1 Å². The fourth-order valence-corrected chi connectivity index (χ4v) is 3.27. The zero-order valence-electron chi connectivity index (χ0n) is 13.4. The van der Waals surface area contributed by atoms with E-state index in [2.05, 4.69) is 15.0 Å². The Morgan fingerprint density at radius 3 is 2.32 bits per heavy atom. The molecular formula is C18H16FN3O2S. The Balaban J connectivity index is 1.89. The van der Waals surface area contributed by atoms with Gasteiger partial charge in [0.15, 0.2) is 0 Å². The second-order valence-electron chi connectivity index (χ2n) is 5.48. The first-order valence-electron chi connectivity index (χ1n) is 7.50. The maximum absolute atomic E-state index is 13.3. The number of aryl methyl sites for hydroxylation is 1. The molecule has 0 spiro atoms. The minimum atomic E-state index is -3.95. The van der Waals surface area contributed by atoms with Crippen LogP contribution < -0.4 is 10.0 Å². The first-order chi connectivity index (χ1) is 11.9. The third-order valence-electron chi connectivity index (χ3n) is 3.49. The molecule has 0 aliphatic heterocycles. The van der Waals surface area contributed by atoms with Crippen LogP contribution in [-0.2, 0) is 10.0 Å². The average Bonchev–Trinajstić information content (AvgIpc) is 2.58. The highest BCUT2D eigenvalue weighted by Crippen LogP contribution is 2.27. The van der Waals surface area contributed by atoms with Gasteiger partial charge in [0.25, 0.3) is 10.0 Å². The lowest BCUT2D eigenvalue weighted by Gasteiger charge is -2.14. The van der Waals surface area contributed by atoms with Gasteiger partial charge in [0, 0.05) is 11.9 Å². The number of anilines is 3. The molecule has 0 amide bonds. The normalized spacial score (nSPS) is 11.1. The standard InChI is InChI=1S/C18H16FN3O2S/c1-13-6-8-15(9-7-13)21-17-4-2-3-5-18(17)22-25(23,24)16-10-14(19)11-20-12-16/h2-12,21-22H,1H3. The molecule has 2 aromatic carbocycles. The molecule has 7 heteroatoms. The van der Waals surface area contributed by atoms with Gasteiger partial charge in [0.05, 0.1) is 17.6 Å². The van der Waals surface area contributed by atoms with Gasteiger partial charge in [0.1, 0.15) is 10.7 Å². The second-order valence-corrected chi connectivity index (χ2v) is 7.16. The van der Waals surface area contributed by atoms with Crippen LogP contribution in [0.1, 0.15) is 5.56 Å². The summed E-state index contributed by atoms with van der Waals surface area (Å²) in [6, 6.07) is 15.5. The van der Waals surface area contributed by atoms with Gasteiger partial charge in [-0.2, -0.15) is 0 Å². The number of pyridine rings is 1. The first kappa shape index (κ1) is 16.9. The van der Waals surface area contributed by atoms with Gasteiger partial charge >= 0.3 is 0 Å². The van der Waals surface area contributed by atoms with E-state index >= 15 is 0 Å². The summed E-state index contributed by atoms with van der Waals surface area (Å²) in [6.45, 7) is 1.99. The Morgan fingerprint density at radius 1 is 0.960 bits per heavy atom. The van der Waals surface area contributed by atoms with Crippen molar-refractivity contribution in [2.75, 3.05) is 10.0 Å². The first-order valence-corrected chi connectivity index (χ1v) is 8.98. The van der Waals surface area contributed by atoms with E-state index in [0.717, 1.165) is 29.7 Å². The van der Waals surface area contributed by atoms with Gasteiger partial charge in [-0.15, -0.1) is 0 Å². The van der Waals surface area contributed by atoms with Crippen LogP contribution in [0.15, 0.2) is 71.9 Å². The molecular weight excluding hydrogens is 341 g/mol. The number of nitrogens with one attached hydrogen (secondary N) is 2. The SMILES string of the molecule is Cc1ccc(Nc2ccccc2NS(=O)(=O)c2cncc(F)c2)cc1. The van der Waals surface area contributed by atoms with E-state index in [4.69, 9.17) is 0 Å². The number of sulfonamides is 1. The minimum Gasteiger partial charge on any atom is -0.354 e. The fourth-order valence-electron chi connectivity index (χ4n) is 2.22. The monoisotopic (exact) mass is 357 g/mol. The molecule has 0 aliphatic rings. The number of hydrogen-bond donors (Lipinski definition) is 2. The van der Waals surface area contributed by atoms with Crippen LogP contribution in [0.2, 0.25) is 0 Å². The molecule has 0 saturated carbocycles. The third kappa shape index (κ3) is 4.13. The van der Waals surface area contributed by atoms with Crippen LogP contribution in [0, 0.1) is 12.7 Å². The summed E-state index contributed by atoms with van der Waals surface area (Å²) in [7, 11) is -3.95. The van der Waals surface area contributed by atoms with Crippen LogP contribution in [-0.4, -0.2) is 13.4 Å². The van der Waals surface area contributed by atoms with Gasteiger partial charge < -0.3 is 5.32 Å². The number of halogens is 1. The second kappa shape index (κ2) is 6.90. The third-order valence-corrected chi connectivity index (χ3v) is 4.82. The molecule has 0 unspecified atom stereocenters. The molecule has 25 heavy (non-hydrogen) atoms. The highest BCUT2D eigenvalue weighted by atomic mass is 32.2. The van der Waals surface area contributed by atoms with E-state index in [1.807, 2.05) is 31.2 Å². The Morgan fingerprint density at radius 2 is 1.64 bits per heavy atom. The number of para-hydroxylation sites is 2. The molecule has 0 fully saturated rings. The lowest BCUT2D eigenvalue weighted by molar-refractivity contribution is 0.592. The van der Waals surface area contributed by atoms with Crippen molar-refractivity contribution in [2.45, 2.75) is 11.8 Å². The van der Waals surface area contributed by atoms with Crippen LogP contribution >= 0.6 is 0 Å². The molecule has 0 aliphatic carbocycles. The van der Waals surface area contributed by atoms with E-state index in [-0.39, 0.29) is 4.90 Å². The van der Waals surface area contributed by atoms with E-state index in [1.54, 1.807) is 24.3 Å². The smallest absolute Gasteiger partial charge is 0.263 e. The zero-order chi connectivity index (χ0) is 17.9. The number of rotatable bonds is 5. The largest absolute Gasteiger partial charge is 0.354 e. The van der Waals surface area contributed by atoms with Crippen molar-refractivity contribution in [1.29, 1.82) is 0 Å². The highest BCUT2D eigenvalue weighted by molar-refractivity contribution is 7.92. The number of benzene rings is 2. The number of hydrogen-bond acceptors (Lipinski definition) is 4. The summed E-state index contributed by atoms with van der Waals surface area (Å²) in [6.07, 6.45) is 2.05. The van der Waals surface area contributed by atoms with Gasteiger partial charge in [-0.25, -0.2) is 12.8 Å². The topological polar surface area (TPSA) is 71.1 Å². The molecule has 0 bridgehead atoms. The summed E-state index contributed by atoms with van der Waals surface area (Å²) in [5.41, 5.74) is 2.88. The Bertz CT molecular complexity index is 989. The molecule has 5 nitrogen and oxygen atoms in total. The molecule has 128 valence electrons. The quantitative estimate of drug-likeness (QED) is 0.722. The van der Waals surface area contributed by atoms with Crippen molar-refractivity contribution in [3.05, 3.63) is 78.4 Å². The van der Waals surface area contributed by atoms with Gasteiger partial charge in [-0.3, -0.25) is 9.71 Å². The Labute approximate surface area is 145 Å². The molecule has 1 heterocycles. The molecule has 3 aromatic rings. The summed E-state index contributed by atoms with van der Waals surface area (Å²) in [5.74, 6) is -0.714. The van der Waals surface area contributed by atoms with Crippen molar-refractivity contribution in [1.82, 2.24) is 4.98 Å². The predicted octanol–water partition coefficient (Wildman–Crippen LogP) is 4.07. The molecule has 0 radical (unpaired) electrons. The molecule has 2 N–H and O–H groups in total. The molecule has 1 aromatic heterocycles. The minimum absolute atomic E-state index is 0.238. The summed E-state index contributed by atoms with van der Waals surface area (Å²) in [4.78, 5) is 3.34. The number of nitrogens with zero attached hydrogens (tertiary/aromatic N) is 1. The van der Waals surface area contributed by atoms with E-state index in [0.29, 0.717) is 11.4 Å². The average molecular weight is 357 g/mol. The summed E-state index contributed by atoms with van der Waals surface area (Å²) >= 11 is 0. The Hall–Kier alpha value is -2.93.